The average Bonchev–Trinajstić information content (AvgIpc) is 2.86. The van der Waals surface area contributed by atoms with Gasteiger partial charge in [0.15, 0.2) is 6.10 Å². The molecule has 1 saturated heterocycles. The maximum absolute atomic E-state index is 10.9. The van der Waals surface area contributed by atoms with Gasteiger partial charge in [-0.2, -0.15) is 0 Å². The monoisotopic (exact) mass is 301 g/mol. The quantitative estimate of drug-likeness (QED) is 0.628. The van der Waals surface area contributed by atoms with Crippen LogP contribution in [0.3, 0.4) is 0 Å². The van der Waals surface area contributed by atoms with Crippen molar-refractivity contribution in [3.05, 3.63) is 27.4 Å². The Morgan fingerprint density at radius 1 is 1.65 bits per heavy atom. The lowest BCUT2D eigenvalue weighted by molar-refractivity contribution is -0.384. The largest absolute Gasteiger partial charge is 0.479 e. The molecule has 2 atom stereocenters. The Morgan fingerprint density at radius 2 is 2.40 bits per heavy atom. The van der Waals surface area contributed by atoms with Crippen LogP contribution in [0.4, 0.5) is 11.5 Å². The maximum Gasteiger partial charge on any atom is 0.332 e. The molecule has 0 radical (unpaired) electrons. The summed E-state index contributed by atoms with van der Waals surface area (Å²) in [6.45, 7) is 0.249. The summed E-state index contributed by atoms with van der Waals surface area (Å²) in [5.41, 5.74) is -0.231. The molecule has 0 amide bonds. The number of nitrogens with zero attached hydrogens (tertiary/aromatic N) is 2. The normalized spacial score (nSPS) is 21.6. The van der Waals surface area contributed by atoms with Gasteiger partial charge in [-0.25, -0.2) is 9.78 Å². The second-order valence-corrected chi connectivity index (χ2v) is 4.76. The van der Waals surface area contributed by atoms with Crippen LogP contribution >= 0.6 is 11.6 Å². The molecule has 2 unspecified atom stereocenters. The van der Waals surface area contributed by atoms with E-state index in [1.165, 1.54) is 12.3 Å². The standard InChI is InChI=1S/C11H12ClN3O5/c12-6-3-8(15(18)19)10(13-4-6)14-5-7-1-2-9(20-7)11(16)17/h3-4,7,9H,1-2,5H2,(H,13,14)(H,16,17). The van der Waals surface area contributed by atoms with Gasteiger partial charge in [-0.15, -0.1) is 0 Å². The highest BCUT2D eigenvalue weighted by Crippen LogP contribution is 2.26. The number of aliphatic carboxylic acids is 1. The van der Waals surface area contributed by atoms with Crippen molar-refractivity contribution in [2.45, 2.75) is 25.0 Å². The molecule has 2 N–H and O–H groups in total. The lowest BCUT2D eigenvalue weighted by atomic mass is 10.2. The molecule has 1 fully saturated rings. The first-order valence-corrected chi connectivity index (χ1v) is 6.27. The molecule has 1 aliphatic rings. The van der Waals surface area contributed by atoms with Crippen LogP contribution in [-0.4, -0.2) is 39.7 Å². The van der Waals surface area contributed by atoms with Crippen molar-refractivity contribution in [2.75, 3.05) is 11.9 Å². The fourth-order valence-corrected chi connectivity index (χ4v) is 2.10. The van der Waals surface area contributed by atoms with Gasteiger partial charge in [-0.1, -0.05) is 11.6 Å². The van der Waals surface area contributed by atoms with Crippen molar-refractivity contribution < 1.29 is 19.6 Å². The fourth-order valence-electron chi connectivity index (χ4n) is 1.95. The number of halogens is 1. The number of rotatable bonds is 5. The highest BCUT2D eigenvalue weighted by atomic mass is 35.5. The summed E-state index contributed by atoms with van der Waals surface area (Å²) in [5.74, 6) is -0.912. The average molecular weight is 302 g/mol. The minimum absolute atomic E-state index is 0.0850. The number of carboxylic acid groups (broad SMARTS) is 1. The number of ether oxygens (including phenoxy) is 1. The van der Waals surface area contributed by atoms with Crippen molar-refractivity contribution in [3.63, 3.8) is 0 Å². The van der Waals surface area contributed by atoms with E-state index in [1.54, 1.807) is 0 Å². The second-order valence-electron chi connectivity index (χ2n) is 4.32. The molecule has 2 rings (SSSR count). The van der Waals surface area contributed by atoms with Gasteiger partial charge in [0, 0.05) is 18.8 Å². The summed E-state index contributed by atoms with van der Waals surface area (Å²) in [4.78, 5) is 24.9. The molecule has 0 saturated carbocycles. The Labute approximate surface area is 118 Å². The van der Waals surface area contributed by atoms with E-state index in [0.717, 1.165) is 0 Å². The van der Waals surface area contributed by atoms with Crippen LogP contribution < -0.4 is 5.32 Å². The van der Waals surface area contributed by atoms with E-state index >= 15 is 0 Å². The van der Waals surface area contributed by atoms with E-state index in [1.807, 2.05) is 0 Å². The smallest absolute Gasteiger partial charge is 0.332 e. The topological polar surface area (TPSA) is 115 Å². The third-order valence-corrected chi connectivity index (χ3v) is 3.12. The highest BCUT2D eigenvalue weighted by Gasteiger charge is 2.30. The summed E-state index contributed by atoms with van der Waals surface area (Å²) < 4.78 is 5.28. The molecule has 1 aliphatic heterocycles. The number of aromatic nitrogens is 1. The first-order valence-electron chi connectivity index (χ1n) is 5.89. The van der Waals surface area contributed by atoms with Crippen molar-refractivity contribution in [3.8, 4) is 0 Å². The number of nitro groups is 1. The SMILES string of the molecule is O=C(O)C1CCC(CNc2ncc(Cl)cc2[N+](=O)[O-])O1. The van der Waals surface area contributed by atoms with Gasteiger partial charge in [0.1, 0.15) is 0 Å². The Morgan fingerprint density at radius 3 is 3.00 bits per heavy atom. The minimum atomic E-state index is -0.997. The predicted octanol–water partition coefficient (Wildman–Crippen LogP) is 1.69. The number of nitrogens with one attached hydrogen (secondary N) is 1. The molecule has 1 aromatic rings. The van der Waals surface area contributed by atoms with Gasteiger partial charge in [0.05, 0.1) is 16.0 Å². The number of hydrogen-bond donors (Lipinski definition) is 2. The first kappa shape index (κ1) is 14.5. The number of anilines is 1. The zero-order valence-electron chi connectivity index (χ0n) is 10.3. The van der Waals surface area contributed by atoms with E-state index in [9.17, 15) is 14.9 Å². The predicted molar refractivity (Wildman–Crippen MR) is 69.9 cm³/mol. The van der Waals surface area contributed by atoms with Crippen LogP contribution in [0.1, 0.15) is 12.8 Å². The minimum Gasteiger partial charge on any atom is -0.479 e. The Hall–Kier alpha value is -1.93. The molecule has 0 bridgehead atoms. The van der Waals surface area contributed by atoms with Crippen LogP contribution in [0.2, 0.25) is 5.02 Å². The van der Waals surface area contributed by atoms with Crippen LogP contribution in [0, 0.1) is 10.1 Å². The molecule has 108 valence electrons. The van der Waals surface area contributed by atoms with Gasteiger partial charge < -0.3 is 15.2 Å². The van der Waals surface area contributed by atoms with E-state index in [4.69, 9.17) is 21.4 Å². The zero-order valence-corrected chi connectivity index (χ0v) is 11.0. The lowest BCUT2D eigenvalue weighted by Crippen LogP contribution is -2.25. The molecule has 2 heterocycles. The lowest BCUT2D eigenvalue weighted by Gasteiger charge is -2.12. The van der Waals surface area contributed by atoms with Gasteiger partial charge in [0.25, 0.3) is 0 Å². The van der Waals surface area contributed by atoms with Gasteiger partial charge in [0.2, 0.25) is 5.82 Å². The molecule has 1 aromatic heterocycles. The van der Waals surface area contributed by atoms with Crippen LogP contribution in [0.15, 0.2) is 12.3 Å². The van der Waals surface area contributed by atoms with E-state index in [2.05, 4.69) is 10.3 Å². The van der Waals surface area contributed by atoms with Crippen LogP contribution in [0.5, 0.6) is 0 Å². The number of pyridine rings is 1. The summed E-state index contributed by atoms with van der Waals surface area (Å²) in [5, 5.41) is 22.6. The summed E-state index contributed by atoms with van der Waals surface area (Å²) >= 11 is 5.66. The Bertz CT molecular complexity index is 539. The molecular weight excluding hydrogens is 290 g/mol. The van der Waals surface area contributed by atoms with Gasteiger partial charge in [-0.05, 0) is 12.8 Å². The Kier molecular flexibility index (Phi) is 4.35. The number of carboxylic acids is 1. The molecule has 0 aliphatic carbocycles. The molecule has 20 heavy (non-hydrogen) atoms. The maximum atomic E-state index is 10.9. The number of hydrogen-bond acceptors (Lipinski definition) is 6. The highest BCUT2D eigenvalue weighted by molar-refractivity contribution is 6.30. The van der Waals surface area contributed by atoms with E-state index in [0.29, 0.717) is 12.8 Å². The van der Waals surface area contributed by atoms with Crippen molar-refractivity contribution in [2.24, 2.45) is 0 Å². The molecule has 8 nitrogen and oxygen atoms in total. The van der Waals surface area contributed by atoms with Crippen molar-refractivity contribution >= 4 is 29.1 Å². The third-order valence-electron chi connectivity index (χ3n) is 2.91. The molecular formula is C11H12ClN3O5. The zero-order chi connectivity index (χ0) is 14.7. The summed E-state index contributed by atoms with van der Waals surface area (Å²) in [6.07, 6.45) is 1.18. The summed E-state index contributed by atoms with van der Waals surface area (Å²) in [7, 11) is 0. The first-order chi connectivity index (χ1) is 9.47. The third kappa shape index (κ3) is 3.34. The fraction of sp³-hybridized carbons (Fsp3) is 0.455. The van der Waals surface area contributed by atoms with Crippen LogP contribution in [0.25, 0.3) is 0 Å². The Balaban J connectivity index is 1.98. The van der Waals surface area contributed by atoms with Gasteiger partial charge >= 0.3 is 11.7 Å². The molecule has 0 spiro atoms. The van der Waals surface area contributed by atoms with E-state index in [-0.39, 0.29) is 29.2 Å². The number of carbonyl (C=O) groups is 1. The van der Waals surface area contributed by atoms with Crippen molar-refractivity contribution in [1.82, 2.24) is 4.98 Å². The molecule has 0 aromatic carbocycles. The molecule has 9 heteroatoms. The van der Waals surface area contributed by atoms with Crippen molar-refractivity contribution in [1.29, 1.82) is 0 Å². The summed E-state index contributed by atoms with van der Waals surface area (Å²) in [6, 6.07) is 1.20. The van der Waals surface area contributed by atoms with Crippen LogP contribution in [-0.2, 0) is 9.53 Å². The van der Waals surface area contributed by atoms with E-state index < -0.39 is 17.0 Å². The van der Waals surface area contributed by atoms with Gasteiger partial charge in [-0.3, -0.25) is 10.1 Å². The second kappa shape index (κ2) is 6.02.